The first-order valence-electron chi connectivity index (χ1n) is 6.72. The van der Waals surface area contributed by atoms with E-state index in [1.54, 1.807) is 30.0 Å². The van der Waals surface area contributed by atoms with Crippen molar-refractivity contribution in [3.05, 3.63) is 57.8 Å². The quantitative estimate of drug-likeness (QED) is 0.666. The highest BCUT2D eigenvalue weighted by Crippen LogP contribution is 2.34. The van der Waals surface area contributed by atoms with Crippen molar-refractivity contribution in [1.29, 1.82) is 0 Å². The molecule has 0 bridgehead atoms. The Morgan fingerprint density at radius 2 is 1.90 bits per heavy atom. The van der Waals surface area contributed by atoms with E-state index in [1.165, 1.54) is 6.07 Å². The molecule has 0 unspecified atom stereocenters. The lowest BCUT2D eigenvalue weighted by molar-refractivity contribution is 0.615. The number of nitrogens with one attached hydrogen (secondary N) is 1. The summed E-state index contributed by atoms with van der Waals surface area (Å²) in [4.78, 5) is 1.99. The summed E-state index contributed by atoms with van der Waals surface area (Å²) in [6.45, 7) is 3.66. The van der Waals surface area contributed by atoms with Gasteiger partial charge in [-0.05, 0) is 54.9 Å². The van der Waals surface area contributed by atoms with Crippen LogP contribution in [-0.4, -0.2) is 6.54 Å². The van der Waals surface area contributed by atoms with Gasteiger partial charge >= 0.3 is 0 Å². The van der Waals surface area contributed by atoms with Crippen LogP contribution < -0.4 is 5.32 Å². The molecule has 2 rings (SSSR count). The first-order valence-corrected chi connectivity index (χ1v) is 8.29. The van der Waals surface area contributed by atoms with Gasteiger partial charge in [0.2, 0.25) is 0 Å². The highest BCUT2D eigenvalue weighted by molar-refractivity contribution is 7.99. The Labute approximate surface area is 138 Å². The van der Waals surface area contributed by atoms with E-state index in [-0.39, 0.29) is 5.82 Å². The molecule has 0 atom stereocenters. The topological polar surface area (TPSA) is 12.0 Å². The summed E-state index contributed by atoms with van der Waals surface area (Å²) in [7, 11) is 0. The molecule has 0 radical (unpaired) electrons. The van der Waals surface area contributed by atoms with E-state index >= 15 is 0 Å². The van der Waals surface area contributed by atoms with E-state index in [0.29, 0.717) is 16.6 Å². The van der Waals surface area contributed by atoms with Crippen molar-refractivity contribution in [2.75, 3.05) is 6.54 Å². The third kappa shape index (κ3) is 4.89. The maximum atomic E-state index is 13.4. The molecule has 0 aliphatic heterocycles. The van der Waals surface area contributed by atoms with Crippen molar-refractivity contribution in [1.82, 2.24) is 5.32 Å². The Morgan fingerprint density at radius 1 is 1.10 bits per heavy atom. The van der Waals surface area contributed by atoms with E-state index in [9.17, 15) is 4.39 Å². The van der Waals surface area contributed by atoms with Crippen molar-refractivity contribution in [2.45, 2.75) is 29.7 Å². The van der Waals surface area contributed by atoms with Gasteiger partial charge in [0.1, 0.15) is 5.82 Å². The average molecular weight is 344 g/mol. The minimum atomic E-state index is -0.221. The fourth-order valence-corrected chi connectivity index (χ4v) is 3.18. The molecular formula is C16H16Cl2FNS. The zero-order chi connectivity index (χ0) is 15.2. The Hall–Kier alpha value is -0.740. The third-order valence-electron chi connectivity index (χ3n) is 2.88. The van der Waals surface area contributed by atoms with Crippen LogP contribution in [0.5, 0.6) is 0 Å². The van der Waals surface area contributed by atoms with E-state index in [0.717, 1.165) is 28.3 Å². The third-order valence-corrected chi connectivity index (χ3v) is 4.73. The minimum Gasteiger partial charge on any atom is -0.313 e. The van der Waals surface area contributed by atoms with Gasteiger partial charge in [-0.1, -0.05) is 41.9 Å². The summed E-state index contributed by atoms with van der Waals surface area (Å²) < 4.78 is 13.4. The first-order chi connectivity index (χ1) is 10.1. The van der Waals surface area contributed by atoms with Crippen LogP contribution in [-0.2, 0) is 6.54 Å². The van der Waals surface area contributed by atoms with Gasteiger partial charge in [0, 0.05) is 16.3 Å². The van der Waals surface area contributed by atoms with E-state index in [1.807, 2.05) is 12.1 Å². The lowest BCUT2D eigenvalue weighted by Gasteiger charge is -2.11. The highest BCUT2D eigenvalue weighted by atomic mass is 35.5. The molecule has 0 saturated heterocycles. The molecule has 112 valence electrons. The van der Waals surface area contributed by atoms with Gasteiger partial charge in [0.25, 0.3) is 0 Å². The van der Waals surface area contributed by atoms with Crippen molar-refractivity contribution in [3.63, 3.8) is 0 Å². The van der Waals surface area contributed by atoms with E-state index in [2.05, 4.69) is 12.2 Å². The Bertz CT molecular complexity index is 619. The Kier molecular flexibility index (Phi) is 6.37. The minimum absolute atomic E-state index is 0.221. The normalized spacial score (nSPS) is 10.9. The second kappa shape index (κ2) is 8.04. The molecule has 0 aromatic heterocycles. The lowest BCUT2D eigenvalue weighted by Crippen LogP contribution is -2.14. The van der Waals surface area contributed by atoms with Gasteiger partial charge in [-0.15, -0.1) is 0 Å². The van der Waals surface area contributed by atoms with Crippen molar-refractivity contribution >= 4 is 35.0 Å². The van der Waals surface area contributed by atoms with Gasteiger partial charge < -0.3 is 5.32 Å². The summed E-state index contributed by atoms with van der Waals surface area (Å²) in [6, 6.07) is 10.3. The summed E-state index contributed by atoms with van der Waals surface area (Å²) in [6.07, 6.45) is 1.05. The molecule has 0 spiro atoms. The summed E-state index contributed by atoms with van der Waals surface area (Å²) in [5.41, 5.74) is 0.944. The lowest BCUT2D eigenvalue weighted by atomic mass is 10.2. The molecule has 5 heteroatoms. The van der Waals surface area contributed by atoms with Crippen LogP contribution in [0.25, 0.3) is 0 Å². The van der Waals surface area contributed by atoms with E-state index in [4.69, 9.17) is 23.2 Å². The second-order valence-corrected chi connectivity index (χ2v) is 6.54. The average Bonchev–Trinajstić information content (AvgIpc) is 2.46. The molecule has 0 saturated carbocycles. The van der Waals surface area contributed by atoms with Gasteiger partial charge in [-0.3, -0.25) is 0 Å². The number of rotatable bonds is 6. The molecule has 0 aliphatic carbocycles. The predicted molar refractivity (Wildman–Crippen MR) is 89.0 cm³/mol. The second-order valence-electron chi connectivity index (χ2n) is 4.61. The van der Waals surface area contributed by atoms with Gasteiger partial charge in [-0.2, -0.15) is 0 Å². The maximum Gasteiger partial charge on any atom is 0.123 e. The predicted octanol–water partition coefficient (Wildman–Crippen LogP) is 5.78. The SMILES string of the molecule is CCCNCc1cc(F)ccc1Sc1ccc(Cl)c(Cl)c1. The summed E-state index contributed by atoms with van der Waals surface area (Å²) in [5, 5.41) is 4.35. The Balaban J connectivity index is 2.19. The van der Waals surface area contributed by atoms with Crippen LogP contribution in [0.4, 0.5) is 4.39 Å². The van der Waals surface area contributed by atoms with Crippen LogP contribution in [0, 0.1) is 5.82 Å². The molecule has 21 heavy (non-hydrogen) atoms. The van der Waals surface area contributed by atoms with Crippen LogP contribution in [0.1, 0.15) is 18.9 Å². The fourth-order valence-electron chi connectivity index (χ4n) is 1.85. The molecule has 0 aliphatic rings. The monoisotopic (exact) mass is 343 g/mol. The Morgan fingerprint density at radius 3 is 2.62 bits per heavy atom. The fraction of sp³-hybridized carbons (Fsp3) is 0.250. The van der Waals surface area contributed by atoms with Crippen LogP contribution in [0.2, 0.25) is 10.0 Å². The van der Waals surface area contributed by atoms with Gasteiger partial charge in [0.15, 0.2) is 0 Å². The molecule has 1 N–H and O–H groups in total. The number of hydrogen-bond donors (Lipinski definition) is 1. The number of hydrogen-bond acceptors (Lipinski definition) is 2. The smallest absolute Gasteiger partial charge is 0.123 e. The molecule has 2 aromatic carbocycles. The standard InChI is InChI=1S/C16H16Cl2FNS/c1-2-7-20-10-11-8-12(19)3-6-16(11)21-13-4-5-14(17)15(18)9-13/h3-6,8-9,20H,2,7,10H2,1H3. The molecule has 0 fully saturated rings. The zero-order valence-electron chi connectivity index (χ0n) is 11.6. The largest absolute Gasteiger partial charge is 0.313 e. The van der Waals surface area contributed by atoms with Crippen LogP contribution in [0.3, 0.4) is 0 Å². The highest BCUT2D eigenvalue weighted by Gasteiger charge is 2.07. The number of benzene rings is 2. The molecule has 0 heterocycles. The van der Waals surface area contributed by atoms with Crippen molar-refractivity contribution < 1.29 is 4.39 Å². The number of halogens is 3. The molecular weight excluding hydrogens is 328 g/mol. The molecule has 2 aromatic rings. The van der Waals surface area contributed by atoms with Crippen molar-refractivity contribution in [3.8, 4) is 0 Å². The summed E-state index contributed by atoms with van der Waals surface area (Å²) >= 11 is 13.5. The van der Waals surface area contributed by atoms with E-state index < -0.39 is 0 Å². The van der Waals surface area contributed by atoms with Crippen molar-refractivity contribution in [2.24, 2.45) is 0 Å². The first kappa shape index (κ1) is 16.6. The maximum absolute atomic E-state index is 13.4. The zero-order valence-corrected chi connectivity index (χ0v) is 14.0. The molecule has 1 nitrogen and oxygen atoms in total. The van der Waals surface area contributed by atoms with Crippen LogP contribution in [0.15, 0.2) is 46.2 Å². The van der Waals surface area contributed by atoms with Gasteiger partial charge in [0.05, 0.1) is 10.0 Å². The molecule has 0 amide bonds. The van der Waals surface area contributed by atoms with Gasteiger partial charge in [-0.25, -0.2) is 4.39 Å². The summed E-state index contributed by atoms with van der Waals surface area (Å²) in [5.74, 6) is -0.221. The van der Waals surface area contributed by atoms with Crippen LogP contribution >= 0.6 is 35.0 Å².